The number of para-hydroxylation sites is 1. The molecule has 1 aliphatic rings. The molecule has 2 aromatic rings. The van der Waals surface area contributed by atoms with Gasteiger partial charge in [0.05, 0.1) is 25.3 Å². The van der Waals surface area contributed by atoms with Crippen LogP contribution in [0.4, 0.5) is 19.3 Å². The van der Waals surface area contributed by atoms with E-state index in [1.54, 1.807) is 42.2 Å². The zero-order valence-electron chi connectivity index (χ0n) is 21.4. The Bertz CT molecular complexity index is 1120. The summed E-state index contributed by atoms with van der Waals surface area (Å²) in [6.07, 6.45) is 0.552. The lowest BCUT2D eigenvalue weighted by Gasteiger charge is -2.32. The summed E-state index contributed by atoms with van der Waals surface area (Å²) >= 11 is 0. The number of hydrogen-bond acceptors (Lipinski definition) is 6. The number of likely N-dealkylation sites (tertiary alicyclic amines) is 1. The van der Waals surface area contributed by atoms with Crippen molar-refractivity contribution in [2.24, 2.45) is 0 Å². The molecule has 9 nitrogen and oxygen atoms in total. The van der Waals surface area contributed by atoms with Crippen molar-refractivity contribution in [3.05, 3.63) is 65.7 Å². The van der Waals surface area contributed by atoms with Crippen LogP contribution in [0.1, 0.15) is 32.3 Å². The van der Waals surface area contributed by atoms with Crippen molar-refractivity contribution in [2.45, 2.75) is 45.2 Å². The predicted octanol–water partition coefficient (Wildman–Crippen LogP) is 2.78. The monoisotopic (exact) mass is 530 g/mol. The normalized spacial score (nSPS) is 14.5. The fraction of sp³-hybridized carbons (Fsp3) is 0.407. The molecule has 204 valence electrons. The molecule has 11 heteroatoms. The van der Waals surface area contributed by atoms with Crippen LogP contribution in [0.25, 0.3) is 0 Å². The van der Waals surface area contributed by atoms with Crippen molar-refractivity contribution in [1.82, 2.24) is 15.5 Å². The summed E-state index contributed by atoms with van der Waals surface area (Å²) in [5.41, 5.74) is 0.462. The number of piperidine rings is 1. The highest BCUT2D eigenvalue weighted by Crippen LogP contribution is 2.17. The lowest BCUT2D eigenvalue weighted by atomic mass is 10.1. The summed E-state index contributed by atoms with van der Waals surface area (Å²) in [6.45, 7) is 4.34. The molecule has 0 bridgehead atoms. The molecule has 1 fully saturated rings. The fourth-order valence-electron chi connectivity index (χ4n) is 4.21. The van der Waals surface area contributed by atoms with Crippen LogP contribution in [0.3, 0.4) is 0 Å². The molecule has 0 saturated carbocycles. The van der Waals surface area contributed by atoms with Gasteiger partial charge in [0, 0.05) is 25.2 Å². The van der Waals surface area contributed by atoms with Crippen LogP contribution in [0, 0.1) is 11.6 Å². The van der Waals surface area contributed by atoms with Gasteiger partial charge in [-0.1, -0.05) is 18.2 Å². The second-order valence-electron chi connectivity index (χ2n) is 8.99. The number of imide groups is 1. The molecule has 0 radical (unpaired) electrons. The van der Waals surface area contributed by atoms with Crippen LogP contribution in [0.5, 0.6) is 0 Å². The Balaban J connectivity index is 1.61. The molecule has 1 heterocycles. The van der Waals surface area contributed by atoms with Crippen LogP contribution in [-0.4, -0.2) is 67.0 Å². The number of ether oxygens (including phenoxy) is 1. The average molecular weight is 531 g/mol. The summed E-state index contributed by atoms with van der Waals surface area (Å²) in [5.74, 6) is -3.40. The third-order valence-corrected chi connectivity index (χ3v) is 6.08. The van der Waals surface area contributed by atoms with Gasteiger partial charge in [0.1, 0.15) is 17.7 Å². The molecule has 2 N–H and O–H groups in total. The maximum atomic E-state index is 13.4. The summed E-state index contributed by atoms with van der Waals surface area (Å²) in [5, 5.41) is 5.67. The predicted molar refractivity (Wildman–Crippen MR) is 136 cm³/mol. The van der Waals surface area contributed by atoms with E-state index in [2.05, 4.69) is 10.6 Å². The molecule has 3 rings (SSSR count). The number of anilines is 1. The van der Waals surface area contributed by atoms with Gasteiger partial charge in [-0.3, -0.25) is 14.4 Å². The van der Waals surface area contributed by atoms with E-state index in [9.17, 15) is 28.0 Å². The Kier molecular flexibility index (Phi) is 10.3. The number of nitrogens with zero attached hydrogens (tertiary/aromatic N) is 2. The van der Waals surface area contributed by atoms with E-state index in [0.717, 1.165) is 17.0 Å². The molecule has 1 atom stereocenters. The summed E-state index contributed by atoms with van der Waals surface area (Å²) in [6, 6.07) is 10.0. The first-order chi connectivity index (χ1) is 18.2. The van der Waals surface area contributed by atoms with E-state index >= 15 is 0 Å². The fourth-order valence-corrected chi connectivity index (χ4v) is 4.21. The van der Waals surface area contributed by atoms with Crippen LogP contribution >= 0.6 is 0 Å². The highest BCUT2D eigenvalue weighted by Gasteiger charge is 2.30. The van der Waals surface area contributed by atoms with Gasteiger partial charge in [-0.05, 0) is 56.5 Å². The smallest absolute Gasteiger partial charge is 0.409 e. The molecule has 0 unspecified atom stereocenters. The first-order valence-corrected chi connectivity index (χ1v) is 12.5. The van der Waals surface area contributed by atoms with Crippen molar-refractivity contribution >= 4 is 29.5 Å². The van der Waals surface area contributed by atoms with Crippen molar-refractivity contribution in [3.8, 4) is 0 Å². The Morgan fingerprint density at radius 2 is 1.68 bits per heavy atom. The molecule has 0 spiro atoms. The highest BCUT2D eigenvalue weighted by molar-refractivity contribution is 6.17. The number of carbonyl (C=O) groups excluding carboxylic acids is 4. The molecular weight excluding hydrogens is 498 g/mol. The summed E-state index contributed by atoms with van der Waals surface area (Å²) in [7, 11) is 0. The molecule has 1 saturated heterocycles. The lowest BCUT2D eigenvalue weighted by molar-refractivity contribution is -0.130. The van der Waals surface area contributed by atoms with Gasteiger partial charge in [0.25, 0.3) is 5.91 Å². The number of carbonyl (C=O) groups is 4. The maximum Gasteiger partial charge on any atom is 0.409 e. The minimum Gasteiger partial charge on any atom is -0.450 e. The first-order valence-electron chi connectivity index (χ1n) is 12.5. The molecule has 0 aromatic heterocycles. The van der Waals surface area contributed by atoms with Gasteiger partial charge in [0.2, 0.25) is 11.8 Å². The number of hydrogen-bond donors (Lipinski definition) is 2. The van der Waals surface area contributed by atoms with E-state index in [1.165, 1.54) is 6.92 Å². The number of halogens is 2. The molecule has 4 amide bonds. The minimum atomic E-state index is -1.09. The molecule has 0 aliphatic carbocycles. The number of amides is 4. The standard InChI is InChI=1S/C27H32F2N4O5/c1-3-38-27(37)32-11-9-22(10-12-32)30-17-25(35)33(23-7-5-4-6-8-23)26(36)18(2)31-24(34)15-19-13-20(28)16-21(29)14-19/h4-8,13-14,16,18,22,30H,3,9-12,15,17H2,1-2H3,(H,31,34)/t18-/m0/s1. The highest BCUT2D eigenvalue weighted by atomic mass is 19.1. The Labute approximate surface area is 220 Å². The van der Waals surface area contributed by atoms with Gasteiger partial charge in [0.15, 0.2) is 0 Å². The van der Waals surface area contributed by atoms with Crippen molar-refractivity contribution in [1.29, 1.82) is 0 Å². The third kappa shape index (κ3) is 8.07. The quantitative estimate of drug-likeness (QED) is 0.516. The zero-order valence-corrected chi connectivity index (χ0v) is 21.4. The Morgan fingerprint density at radius 3 is 2.29 bits per heavy atom. The van der Waals surface area contributed by atoms with Crippen molar-refractivity contribution in [2.75, 3.05) is 31.1 Å². The third-order valence-electron chi connectivity index (χ3n) is 6.08. The second kappa shape index (κ2) is 13.6. The van der Waals surface area contributed by atoms with Crippen LogP contribution in [0.15, 0.2) is 48.5 Å². The maximum absolute atomic E-state index is 13.4. The van der Waals surface area contributed by atoms with E-state index < -0.39 is 35.4 Å². The minimum absolute atomic E-state index is 0.0267. The van der Waals surface area contributed by atoms with Gasteiger partial charge in [-0.25, -0.2) is 18.5 Å². The Morgan fingerprint density at radius 1 is 1.05 bits per heavy atom. The van der Waals surface area contributed by atoms with Crippen LogP contribution in [0.2, 0.25) is 0 Å². The van der Waals surface area contributed by atoms with Gasteiger partial charge in [-0.15, -0.1) is 0 Å². The molecular formula is C27H32F2N4O5. The van der Waals surface area contributed by atoms with Gasteiger partial charge >= 0.3 is 6.09 Å². The zero-order chi connectivity index (χ0) is 27.7. The summed E-state index contributed by atoms with van der Waals surface area (Å²) < 4.78 is 31.9. The lowest BCUT2D eigenvalue weighted by Crippen LogP contribution is -2.53. The number of rotatable bonds is 9. The van der Waals surface area contributed by atoms with Crippen molar-refractivity contribution in [3.63, 3.8) is 0 Å². The molecule has 1 aliphatic heterocycles. The SMILES string of the molecule is CCOC(=O)N1CCC(NCC(=O)N(C(=O)[C@H](C)NC(=O)Cc2cc(F)cc(F)c2)c2ccccc2)CC1. The molecule has 38 heavy (non-hydrogen) atoms. The Hall–Kier alpha value is -3.86. The average Bonchev–Trinajstić information content (AvgIpc) is 2.88. The second-order valence-corrected chi connectivity index (χ2v) is 8.99. The largest absolute Gasteiger partial charge is 0.450 e. The van der Waals surface area contributed by atoms with Gasteiger partial charge in [-0.2, -0.15) is 0 Å². The topological polar surface area (TPSA) is 108 Å². The summed E-state index contributed by atoms with van der Waals surface area (Å²) in [4.78, 5) is 53.5. The van der Waals surface area contributed by atoms with Gasteiger partial charge < -0.3 is 20.3 Å². The molecule has 2 aromatic carbocycles. The van der Waals surface area contributed by atoms with Crippen LogP contribution < -0.4 is 15.5 Å². The number of nitrogens with one attached hydrogen (secondary N) is 2. The van der Waals surface area contributed by atoms with E-state index in [1.807, 2.05) is 0 Å². The van der Waals surface area contributed by atoms with E-state index in [4.69, 9.17) is 4.74 Å². The van der Waals surface area contributed by atoms with E-state index in [-0.39, 0.29) is 30.7 Å². The van der Waals surface area contributed by atoms with Crippen molar-refractivity contribution < 1.29 is 32.7 Å². The van der Waals surface area contributed by atoms with E-state index in [0.29, 0.717) is 44.3 Å². The van der Waals surface area contributed by atoms with Crippen LogP contribution in [-0.2, 0) is 25.5 Å². The number of benzene rings is 2. The first kappa shape index (κ1) is 28.7.